The van der Waals surface area contributed by atoms with Gasteiger partial charge in [0.25, 0.3) is 5.78 Å². The average Bonchev–Trinajstić information content (AvgIpc) is 3.14. The van der Waals surface area contributed by atoms with Crippen molar-refractivity contribution in [3.63, 3.8) is 0 Å². The van der Waals surface area contributed by atoms with Crippen LogP contribution in [0.5, 0.6) is 0 Å². The van der Waals surface area contributed by atoms with Crippen LogP contribution < -0.4 is 10.6 Å². The number of hydrogen-bond acceptors (Lipinski definition) is 5. The van der Waals surface area contributed by atoms with E-state index in [1.165, 1.54) is 42.4 Å². The molecule has 0 bridgehead atoms. The van der Waals surface area contributed by atoms with Crippen molar-refractivity contribution >= 4 is 34.9 Å². The molecular weight excluding hydrogens is 379 g/mol. The quantitative estimate of drug-likeness (QED) is 0.502. The standard InChI is InChI=1S/C19H15FN6OS/c1-12-10-17(26-18(23-12)21-11-22-26)28-16-8-6-15(7-9-16)25-19(27)24-14-4-2-13(20)3-5-14/h2-11H,1H3,(H2,24,25,27). The summed E-state index contributed by atoms with van der Waals surface area (Å²) < 4.78 is 14.6. The number of halogens is 1. The number of anilines is 2. The highest BCUT2D eigenvalue weighted by Gasteiger charge is 2.08. The lowest BCUT2D eigenvalue weighted by atomic mass is 10.3. The molecule has 9 heteroatoms. The molecule has 4 rings (SSSR count). The Bertz CT molecular complexity index is 1130. The largest absolute Gasteiger partial charge is 0.323 e. The molecule has 2 amide bonds. The van der Waals surface area contributed by atoms with Crippen LogP contribution in [0.15, 0.2) is 70.8 Å². The highest BCUT2D eigenvalue weighted by molar-refractivity contribution is 7.99. The number of amides is 2. The first-order valence-electron chi connectivity index (χ1n) is 8.36. The molecule has 0 fully saturated rings. The number of aromatic nitrogens is 4. The fraction of sp³-hybridized carbons (Fsp3) is 0.0526. The molecule has 2 heterocycles. The van der Waals surface area contributed by atoms with Crippen molar-refractivity contribution in [1.29, 1.82) is 0 Å². The van der Waals surface area contributed by atoms with E-state index in [4.69, 9.17) is 0 Å². The monoisotopic (exact) mass is 394 g/mol. The van der Waals surface area contributed by atoms with Gasteiger partial charge in [-0.3, -0.25) is 0 Å². The minimum Gasteiger partial charge on any atom is -0.308 e. The fourth-order valence-electron chi connectivity index (χ4n) is 2.52. The maximum absolute atomic E-state index is 12.9. The van der Waals surface area contributed by atoms with E-state index in [0.717, 1.165) is 15.6 Å². The minimum atomic E-state index is -0.402. The SMILES string of the molecule is Cc1cc(Sc2ccc(NC(=O)Nc3ccc(F)cc3)cc2)n2ncnc2n1. The van der Waals surface area contributed by atoms with Crippen molar-refractivity contribution in [3.05, 3.63) is 72.4 Å². The second-order valence-electron chi connectivity index (χ2n) is 5.92. The first-order valence-corrected chi connectivity index (χ1v) is 9.17. The Balaban J connectivity index is 1.42. The van der Waals surface area contributed by atoms with E-state index in [0.29, 0.717) is 17.2 Å². The summed E-state index contributed by atoms with van der Waals surface area (Å²) in [4.78, 5) is 21.5. The molecule has 0 saturated heterocycles. The molecule has 0 atom stereocenters. The van der Waals surface area contributed by atoms with Crippen LogP contribution >= 0.6 is 11.8 Å². The smallest absolute Gasteiger partial charge is 0.308 e. The number of benzene rings is 2. The lowest BCUT2D eigenvalue weighted by Gasteiger charge is -2.09. The van der Waals surface area contributed by atoms with Gasteiger partial charge in [0.05, 0.1) is 0 Å². The molecule has 140 valence electrons. The second-order valence-corrected chi connectivity index (χ2v) is 7.01. The predicted molar refractivity (Wildman–Crippen MR) is 105 cm³/mol. The maximum Gasteiger partial charge on any atom is 0.323 e. The summed E-state index contributed by atoms with van der Waals surface area (Å²) >= 11 is 1.52. The zero-order chi connectivity index (χ0) is 19.5. The Kier molecular flexibility index (Phi) is 4.90. The van der Waals surface area contributed by atoms with E-state index in [1.54, 1.807) is 16.6 Å². The molecule has 2 aromatic heterocycles. The molecule has 0 unspecified atom stereocenters. The van der Waals surface area contributed by atoms with Gasteiger partial charge < -0.3 is 10.6 Å². The third kappa shape index (κ3) is 4.09. The van der Waals surface area contributed by atoms with Crippen molar-refractivity contribution in [1.82, 2.24) is 19.6 Å². The van der Waals surface area contributed by atoms with Crippen LogP contribution in [0.25, 0.3) is 5.78 Å². The molecule has 0 radical (unpaired) electrons. The van der Waals surface area contributed by atoms with Crippen molar-refractivity contribution in [3.8, 4) is 0 Å². The van der Waals surface area contributed by atoms with Crippen molar-refractivity contribution in [2.75, 3.05) is 10.6 Å². The van der Waals surface area contributed by atoms with E-state index in [9.17, 15) is 9.18 Å². The zero-order valence-electron chi connectivity index (χ0n) is 14.8. The first-order chi connectivity index (χ1) is 13.6. The molecule has 0 aliphatic heterocycles. The van der Waals surface area contributed by atoms with Crippen LogP contribution in [0, 0.1) is 12.7 Å². The number of carbonyl (C=O) groups is 1. The predicted octanol–water partition coefficient (Wildman–Crippen LogP) is 4.37. The van der Waals surface area contributed by atoms with Gasteiger partial charge in [-0.05, 0) is 61.5 Å². The summed E-state index contributed by atoms with van der Waals surface area (Å²) in [6.45, 7) is 1.91. The van der Waals surface area contributed by atoms with Gasteiger partial charge in [-0.2, -0.15) is 14.6 Å². The van der Waals surface area contributed by atoms with Crippen molar-refractivity contribution in [2.45, 2.75) is 16.8 Å². The van der Waals surface area contributed by atoms with Crippen LogP contribution in [0.3, 0.4) is 0 Å². The molecule has 0 spiro atoms. The molecular formula is C19H15FN6OS. The van der Waals surface area contributed by atoms with E-state index in [2.05, 4.69) is 25.7 Å². The number of carbonyl (C=O) groups excluding carboxylic acids is 1. The molecule has 4 aromatic rings. The van der Waals surface area contributed by atoms with Gasteiger partial charge in [0.15, 0.2) is 0 Å². The lowest BCUT2D eigenvalue weighted by molar-refractivity contribution is 0.262. The highest BCUT2D eigenvalue weighted by Crippen LogP contribution is 2.28. The van der Waals surface area contributed by atoms with Gasteiger partial charge in [-0.1, -0.05) is 11.8 Å². The molecule has 0 aliphatic carbocycles. The molecule has 28 heavy (non-hydrogen) atoms. The average molecular weight is 394 g/mol. The second kappa shape index (κ2) is 7.65. The number of aryl methyl sites for hydroxylation is 1. The summed E-state index contributed by atoms with van der Waals surface area (Å²) in [5, 5.41) is 10.5. The normalized spacial score (nSPS) is 10.8. The molecule has 2 aromatic carbocycles. The number of rotatable bonds is 4. The minimum absolute atomic E-state index is 0.355. The van der Waals surface area contributed by atoms with E-state index >= 15 is 0 Å². The summed E-state index contributed by atoms with van der Waals surface area (Å²) in [6, 6.07) is 14.5. The Morgan fingerprint density at radius 2 is 1.68 bits per heavy atom. The lowest BCUT2D eigenvalue weighted by Crippen LogP contribution is -2.19. The third-order valence-electron chi connectivity index (χ3n) is 3.78. The zero-order valence-corrected chi connectivity index (χ0v) is 15.6. The molecule has 0 aliphatic rings. The number of nitrogens with zero attached hydrogens (tertiary/aromatic N) is 4. The van der Waals surface area contributed by atoms with Crippen LogP contribution in [0.1, 0.15) is 5.69 Å². The first kappa shape index (κ1) is 17.9. The highest BCUT2D eigenvalue weighted by atomic mass is 32.2. The Hall–Kier alpha value is -3.46. The Labute approximate surface area is 164 Å². The number of fused-ring (bicyclic) bond motifs is 1. The van der Waals surface area contributed by atoms with Crippen LogP contribution in [0.4, 0.5) is 20.6 Å². The van der Waals surface area contributed by atoms with E-state index < -0.39 is 6.03 Å². The van der Waals surface area contributed by atoms with Crippen LogP contribution in [-0.4, -0.2) is 25.6 Å². The van der Waals surface area contributed by atoms with Gasteiger partial charge in [-0.25, -0.2) is 14.2 Å². The maximum atomic E-state index is 12.9. The fourth-order valence-corrected chi connectivity index (χ4v) is 3.48. The summed E-state index contributed by atoms with van der Waals surface area (Å²) in [5.74, 6) is 0.199. The van der Waals surface area contributed by atoms with Crippen molar-refractivity contribution in [2.24, 2.45) is 0 Å². The summed E-state index contributed by atoms with van der Waals surface area (Å²) in [5.41, 5.74) is 2.01. The topological polar surface area (TPSA) is 84.2 Å². The summed E-state index contributed by atoms with van der Waals surface area (Å²) in [7, 11) is 0. The molecule has 2 N–H and O–H groups in total. The van der Waals surface area contributed by atoms with E-state index in [-0.39, 0.29) is 5.82 Å². The van der Waals surface area contributed by atoms with Crippen LogP contribution in [-0.2, 0) is 0 Å². The number of hydrogen-bond donors (Lipinski definition) is 2. The summed E-state index contributed by atoms with van der Waals surface area (Å²) in [6.07, 6.45) is 1.47. The Morgan fingerprint density at radius 3 is 2.36 bits per heavy atom. The van der Waals surface area contributed by atoms with Gasteiger partial charge in [-0.15, -0.1) is 0 Å². The Morgan fingerprint density at radius 1 is 1.04 bits per heavy atom. The molecule has 7 nitrogen and oxygen atoms in total. The number of urea groups is 1. The van der Waals surface area contributed by atoms with Gasteiger partial charge >= 0.3 is 6.03 Å². The van der Waals surface area contributed by atoms with Crippen LogP contribution in [0.2, 0.25) is 0 Å². The van der Waals surface area contributed by atoms with Gasteiger partial charge in [0.2, 0.25) is 0 Å². The van der Waals surface area contributed by atoms with E-state index in [1.807, 2.05) is 25.1 Å². The van der Waals surface area contributed by atoms with Gasteiger partial charge in [0.1, 0.15) is 17.2 Å². The number of nitrogens with one attached hydrogen (secondary N) is 2. The van der Waals surface area contributed by atoms with Gasteiger partial charge in [0, 0.05) is 22.0 Å². The third-order valence-corrected chi connectivity index (χ3v) is 4.79. The van der Waals surface area contributed by atoms with Crippen molar-refractivity contribution < 1.29 is 9.18 Å². The molecule has 0 saturated carbocycles.